The topological polar surface area (TPSA) is 68.7 Å². The third kappa shape index (κ3) is 6.14. The predicted octanol–water partition coefficient (Wildman–Crippen LogP) is 7.94. The maximum absolute atomic E-state index is 10.5. The minimum absolute atomic E-state index is 0. The molecule has 7 rings (SSSR count). The van der Waals surface area contributed by atoms with E-state index in [9.17, 15) is 10.2 Å². The van der Waals surface area contributed by atoms with Crippen LogP contribution >= 0.6 is 0 Å². The van der Waals surface area contributed by atoms with Crippen LogP contribution in [0.15, 0.2) is 128 Å². The van der Waals surface area contributed by atoms with Crippen LogP contribution in [0.3, 0.4) is 0 Å². The zero-order chi connectivity index (χ0) is 26.6. The van der Waals surface area contributed by atoms with Crippen LogP contribution in [0.5, 0.6) is 0 Å². The number of rotatable bonds is 3. The Balaban J connectivity index is 0.000000182. The van der Waals surface area contributed by atoms with Crippen LogP contribution in [0.2, 0.25) is 0 Å². The summed E-state index contributed by atoms with van der Waals surface area (Å²) >= 11 is 0. The summed E-state index contributed by atoms with van der Waals surface area (Å²) in [7, 11) is 0. The summed E-state index contributed by atoms with van der Waals surface area (Å²) in [6.45, 7) is 0. The van der Waals surface area contributed by atoms with Gasteiger partial charge in [0.15, 0.2) is 0 Å². The van der Waals surface area contributed by atoms with E-state index >= 15 is 0 Å². The van der Waals surface area contributed by atoms with Crippen molar-refractivity contribution < 1.29 is 59.6 Å². The first-order valence-corrected chi connectivity index (χ1v) is 12.8. The van der Waals surface area contributed by atoms with Crippen molar-refractivity contribution in [1.82, 2.24) is 0 Å². The van der Waals surface area contributed by atoms with Crippen molar-refractivity contribution in [2.45, 2.75) is 6.10 Å². The van der Waals surface area contributed by atoms with Gasteiger partial charge in [0.1, 0.15) is 11.9 Å². The number of aliphatic hydroxyl groups is 2. The van der Waals surface area contributed by atoms with Crippen molar-refractivity contribution in [1.29, 1.82) is 0 Å². The molecule has 5 heteroatoms. The number of hydrogen-bond donors (Lipinski definition) is 2. The van der Waals surface area contributed by atoms with Crippen LogP contribution < -0.4 is 10.4 Å². The molecule has 195 valence electrons. The summed E-state index contributed by atoms with van der Waals surface area (Å²) in [4.78, 5) is 0. The van der Waals surface area contributed by atoms with Crippen LogP contribution in [0.25, 0.3) is 50.1 Å². The van der Waals surface area contributed by atoms with Crippen LogP contribution in [0, 0.1) is 49.4 Å². The summed E-state index contributed by atoms with van der Waals surface area (Å²) in [6, 6.07) is 31.7. The molecule has 0 bridgehead atoms. The monoisotopic (exact) mass is 659 g/mol. The molecule has 0 fully saturated rings. The third-order valence-electron chi connectivity index (χ3n) is 6.82. The van der Waals surface area contributed by atoms with Crippen molar-refractivity contribution in [2.24, 2.45) is 0 Å². The van der Waals surface area contributed by atoms with Gasteiger partial charge in [-0.25, -0.2) is 0 Å². The molecule has 2 N–H and O–H groups in total. The number of aliphatic hydroxyl groups excluding tert-OH is 2. The normalized spacial score (nSPS) is 13.7. The minimum Gasteiger partial charge on any atom is -0.665 e. The molecule has 1 atom stereocenters. The van der Waals surface area contributed by atoms with E-state index in [2.05, 4.69) is 34.9 Å². The van der Waals surface area contributed by atoms with Crippen LogP contribution in [0.1, 0.15) is 17.2 Å². The number of hydrogen-bond acceptors (Lipinski definition) is 2. The van der Waals surface area contributed by atoms with Gasteiger partial charge in [-0.15, -0.1) is 11.4 Å². The van der Waals surface area contributed by atoms with E-state index in [4.69, 9.17) is 0 Å². The molecule has 5 aromatic rings. The first-order chi connectivity index (χ1) is 19.2. The SMILES string of the molecule is C1=C[N-]c2c3c(ccc2=C1)=CC=C[N-]3.OC(=CC(O)c1ccc2ccccc2c1)c1ccc2ccccc2c1.[Eu+2]. The summed E-state index contributed by atoms with van der Waals surface area (Å²) in [6.07, 6.45) is 12.2. The van der Waals surface area contributed by atoms with Gasteiger partial charge in [0, 0.05) is 5.56 Å². The maximum Gasteiger partial charge on any atom is 2.00 e. The average Bonchev–Trinajstić information content (AvgIpc) is 3.00. The second kappa shape index (κ2) is 12.8. The van der Waals surface area contributed by atoms with Crippen molar-refractivity contribution in [3.8, 4) is 0 Å². The number of nitrogens with zero attached hydrogens (tertiary/aromatic N) is 2. The second-order valence-corrected chi connectivity index (χ2v) is 9.38. The molecular formula is C35H26EuN2O2. The predicted molar refractivity (Wildman–Crippen MR) is 162 cm³/mol. The van der Waals surface area contributed by atoms with Crippen molar-refractivity contribution >= 4 is 50.8 Å². The van der Waals surface area contributed by atoms with Crippen molar-refractivity contribution in [3.05, 3.63) is 160 Å². The van der Waals surface area contributed by atoms with E-state index in [0.29, 0.717) is 5.56 Å². The first kappa shape index (κ1) is 28.1. The van der Waals surface area contributed by atoms with Gasteiger partial charge < -0.3 is 20.8 Å². The van der Waals surface area contributed by atoms with E-state index < -0.39 is 6.10 Å². The summed E-state index contributed by atoms with van der Waals surface area (Å²) in [5.41, 5.74) is 3.40. The van der Waals surface area contributed by atoms with Gasteiger partial charge in [-0.1, -0.05) is 109 Å². The standard InChI is InChI=1S/C23H18O2.C12H8N2.Eu/c24-22(20-11-9-16-5-1-3-7-18(16)13-20)15-23(25)21-12-10-17-6-2-4-8-19(17)14-21;1-3-9-5-6-10-4-2-8-14-12(10)11(9)13-7-1;/h1-15,22,24-25H;1-8H;/q;-2;+2. The van der Waals surface area contributed by atoms with Crippen LogP contribution in [-0.4, -0.2) is 10.2 Å². The van der Waals surface area contributed by atoms with E-state index in [1.54, 1.807) is 12.4 Å². The Bertz CT molecular complexity index is 1860. The largest absolute Gasteiger partial charge is 2.00 e. The maximum atomic E-state index is 10.5. The van der Waals surface area contributed by atoms with Gasteiger partial charge in [0.05, 0.1) is 0 Å². The molecule has 2 aliphatic rings. The molecule has 0 saturated heterocycles. The Morgan fingerprint density at radius 3 is 1.75 bits per heavy atom. The Hall–Kier alpha value is -3.48. The van der Waals surface area contributed by atoms with Gasteiger partial charge in [-0.3, -0.25) is 0 Å². The summed E-state index contributed by atoms with van der Waals surface area (Å²) in [5.74, 6) is 0.0754. The van der Waals surface area contributed by atoms with E-state index in [0.717, 1.165) is 48.9 Å². The van der Waals surface area contributed by atoms with E-state index in [1.165, 1.54) is 6.08 Å². The molecular weight excluding hydrogens is 632 g/mol. The molecule has 4 nitrogen and oxygen atoms in total. The van der Waals surface area contributed by atoms with Crippen molar-refractivity contribution in [3.63, 3.8) is 0 Å². The van der Waals surface area contributed by atoms with Gasteiger partial charge in [-0.2, -0.15) is 12.4 Å². The molecule has 1 unspecified atom stereocenters. The smallest absolute Gasteiger partial charge is 0.665 e. The number of fused-ring (bicyclic) bond motifs is 5. The first-order valence-electron chi connectivity index (χ1n) is 12.8. The summed E-state index contributed by atoms with van der Waals surface area (Å²) in [5, 5.41) is 36.3. The molecule has 0 saturated carbocycles. The molecule has 0 aliphatic carbocycles. The van der Waals surface area contributed by atoms with Gasteiger partial charge in [0.2, 0.25) is 0 Å². The van der Waals surface area contributed by atoms with Crippen molar-refractivity contribution in [2.75, 3.05) is 0 Å². The van der Waals surface area contributed by atoms with Gasteiger partial charge in [0.25, 0.3) is 0 Å². The molecule has 0 amide bonds. The second-order valence-electron chi connectivity index (χ2n) is 9.38. The Kier molecular flexibility index (Phi) is 8.98. The summed E-state index contributed by atoms with van der Waals surface area (Å²) < 4.78 is 0. The minimum atomic E-state index is -0.865. The Morgan fingerprint density at radius 2 is 1.15 bits per heavy atom. The Labute approximate surface area is 273 Å². The zero-order valence-electron chi connectivity index (χ0n) is 21.5. The van der Waals surface area contributed by atoms with Gasteiger partial charge >= 0.3 is 49.4 Å². The van der Waals surface area contributed by atoms with Crippen LogP contribution in [0.4, 0.5) is 11.4 Å². The van der Waals surface area contributed by atoms with Crippen LogP contribution in [-0.2, 0) is 0 Å². The molecule has 1 radical (unpaired) electrons. The Morgan fingerprint density at radius 1 is 0.625 bits per heavy atom. The average molecular weight is 659 g/mol. The third-order valence-corrected chi connectivity index (χ3v) is 6.82. The molecule has 0 aromatic heterocycles. The molecule has 5 aromatic carbocycles. The number of benzene rings is 5. The quantitative estimate of drug-likeness (QED) is 0.193. The zero-order valence-corrected chi connectivity index (χ0v) is 23.9. The number of allylic oxidation sites excluding steroid dienone is 2. The van der Waals surface area contributed by atoms with E-state index in [-0.39, 0.29) is 55.1 Å². The van der Waals surface area contributed by atoms with E-state index in [1.807, 2.05) is 97.1 Å². The van der Waals surface area contributed by atoms with Gasteiger partial charge in [-0.05, 0) is 55.8 Å². The molecule has 2 aliphatic heterocycles. The fourth-order valence-electron chi connectivity index (χ4n) is 4.76. The molecule has 0 spiro atoms. The molecule has 2 heterocycles. The fraction of sp³-hybridized carbons (Fsp3) is 0.0286. The molecule has 40 heavy (non-hydrogen) atoms. The fourth-order valence-corrected chi connectivity index (χ4v) is 4.76.